The molecule has 3 nitrogen and oxygen atoms in total. The first-order valence-electron chi connectivity index (χ1n) is 8.63. The molecule has 0 atom stereocenters. The summed E-state index contributed by atoms with van der Waals surface area (Å²) in [5.41, 5.74) is 0. The molecule has 26 heavy (non-hydrogen) atoms. The number of thiocarbonyl (C=S) groups is 1. The van der Waals surface area contributed by atoms with Gasteiger partial charge in [0.2, 0.25) is 0 Å². The Labute approximate surface area is 175 Å². The summed E-state index contributed by atoms with van der Waals surface area (Å²) >= 11 is 15.2. The molecule has 0 unspecified atom stereocenters. The van der Waals surface area contributed by atoms with Crippen LogP contribution in [0.15, 0.2) is 46.7 Å². The highest BCUT2D eigenvalue weighted by molar-refractivity contribution is 7.99. The molecule has 1 heterocycles. The van der Waals surface area contributed by atoms with E-state index in [2.05, 4.69) is 58.9 Å². The van der Waals surface area contributed by atoms with Crippen molar-refractivity contribution in [3.8, 4) is 0 Å². The Bertz CT molecular complexity index is 645. The van der Waals surface area contributed by atoms with Gasteiger partial charge < -0.3 is 15.1 Å². The molecule has 2 rings (SSSR count). The third kappa shape index (κ3) is 8.27. The van der Waals surface area contributed by atoms with Crippen molar-refractivity contribution >= 4 is 52.0 Å². The molecule has 1 N–H and O–H groups in total. The SMILES string of the molecule is CN(C)CCCN(Cc1cccs1)C(=S)NCCSc1ccc(Cl)cc1. The van der Waals surface area contributed by atoms with E-state index in [4.69, 9.17) is 23.8 Å². The number of nitrogens with zero attached hydrogens (tertiary/aromatic N) is 2. The molecular formula is C19H26ClN3S3. The van der Waals surface area contributed by atoms with Crippen molar-refractivity contribution in [2.45, 2.75) is 17.9 Å². The second-order valence-corrected chi connectivity index (χ2v) is 9.22. The summed E-state index contributed by atoms with van der Waals surface area (Å²) in [4.78, 5) is 7.05. The van der Waals surface area contributed by atoms with Gasteiger partial charge in [-0.3, -0.25) is 0 Å². The molecule has 7 heteroatoms. The number of benzene rings is 1. The molecule has 0 amide bonds. The Morgan fingerprint density at radius 1 is 1.19 bits per heavy atom. The Morgan fingerprint density at radius 2 is 1.96 bits per heavy atom. The van der Waals surface area contributed by atoms with Crippen molar-refractivity contribution in [2.24, 2.45) is 0 Å². The second-order valence-electron chi connectivity index (χ2n) is 6.19. The number of hydrogen-bond donors (Lipinski definition) is 1. The standard InChI is InChI=1S/C19H26ClN3S3/c1-22(2)11-4-12-23(15-18-5-3-13-25-18)19(24)21-10-14-26-17-8-6-16(20)7-9-17/h3,5-9,13H,4,10-12,14-15H2,1-2H3,(H,21,24). The lowest BCUT2D eigenvalue weighted by atomic mass is 10.3. The minimum atomic E-state index is 0.774. The van der Waals surface area contributed by atoms with Gasteiger partial charge in [-0.2, -0.15) is 0 Å². The Morgan fingerprint density at radius 3 is 2.62 bits per heavy atom. The maximum absolute atomic E-state index is 5.92. The van der Waals surface area contributed by atoms with Gasteiger partial charge in [-0.05, 0) is 75.0 Å². The van der Waals surface area contributed by atoms with Gasteiger partial charge in [-0.15, -0.1) is 23.1 Å². The van der Waals surface area contributed by atoms with Gasteiger partial charge in [0.05, 0.1) is 6.54 Å². The summed E-state index contributed by atoms with van der Waals surface area (Å²) in [5, 5.41) is 7.15. The fraction of sp³-hybridized carbons (Fsp3) is 0.421. The minimum absolute atomic E-state index is 0.774. The molecule has 0 saturated carbocycles. The number of halogens is 1. The lowest BCUT2D eigenvalue weighted by Crippen LogP contribution is -2.41. The van der Waals surface area contributed by atoms with Crippen molar-refractivity contribution in [3.05, 3.63) is 51.7 Å². The number of thiophene rings is 1. The van der Waals surface area contributed by atoms with Gasteiger partial charge in [-0.25, -0.2) is 0 Å². The predicted octanol–water partition coefficient (Wildman–Crippen LogP) is 4.82. The molecule has 0 radical (unpaired) electrons. The van der Waals surface area contributed by atoms with E-state index in [1.165, 1.54) is 9.77 Å². The molecule has 142 valence electrons. The molecule has 0 aliphatic heterocycles. The van der Waals surface area contributed by atoms with Crippen molar-refractivity contribution < 1.29 is 0 Å². The molecule has 0 saturated heterocycles. The molecule has 0 spiro atoms. The van der Waals surface area contributed by atoms with Crippen molar-refractivity contribution in [1.29, 1.82) is 0 Å². The maximum atomic E-state index is 5.92. The van der Waals surface area contributed by atoms with Crippen LogP contribution in [-0.2, 0) is 6.54 Å². The van der Waals surface area contributed by atoms with E-state index in [1.54, 1.807) is 23.1 Å². The van der Waals surface area contributed by atoms with Gasteiger partial charge in [-0.1, -0.05) is 17.7 Å². The van der Waals surface area contributed by atoms with Crippen LogP contribution in [0.5, 0.6) is 0 Å². The summed E-state index contributed by atoms with van der Waals surface area (Å²) < 4.78 is 0. The highest BCUT2D eigenvalue weighted by Crippen LogP contribution is 2.19. The number of rotatable bonds is 10. The van der Waals surface area contributed by atoms with E-state index in [0.29, 0.717) is 0 Å². The van der Waals surface area contributed by atoms with E-state index >= 15 is 0 Å². The van der Waals surface area contributed by atoms with Crippen LogP contribution in [-0.4, -0.2) is 54.4 Å². The highest BCUT2D eigenvalue weighted by atomic mass is 35.5. The predicted molar refractivity (Wildman–Crippen MR) is 121 cm³/mol. The summed E-state index contributed by atoms with van der Waals surface area (Å²) in [5.74, 6) is 0.965. The van der Waals surface area contributed by atoms with Gasteiger partial charge in [0, 0.05) is 33.6 Å². The van der Waals surface area contributed by atoms with Crippen LogP contribution in [0.3, 0.4) is 0 Å². The fourth-order valence-corrected chi connectivity index (χ4v) is 4.26. The van der Waals surface area contributed by atoms with E-state index in [-0.39, 0.29) is 0 Å². The quantitative estimate of drug-likeness (QED) is 0.331. The van der Waals surface area contributed by atoms with Crippen molar-refractivity contribution in [1.82, 2.24) is 15.1 Å². The summed E-state index contributed by atoms with van der Waals surface area (Å²) in [6.07, 6.45) is 1.10. The third-order valence-corrected chi connectivity index (χ3v) is 6.24. The van der Waals surface area contributed by atoms with Crippen LogP contribution in [0.25, 0.3) is 0 Å². The van der Waals surface area contributed by atoms with E-state index in [1.807, 2.05) is 12.1 Å². The first kappa shape index (κ1) is 21.5. The second kappa shape index (κ2) is 11.8. The molecule has 0 fully saturated rings. The Hall–Kier alpha value is -0.790. The first-order valence-corrected chi connectivity index (χ1v) is 11.3. The monoisotopic (exact) mass is 427 g/mol. The van der Waals surface area contributed by atoms with E-state index in [0.717, 1.165) is 48.5 Å². The lowest BCUT2D eigenvalue weighted by Gasteiger charge is -2.26. The van der Waals surface area contributed by atoms with Gasteiger partial charge in [0.15, 0.2) is 5.11 Å². The number of hydrogen-bond acceptors (Lipinski definition) is 4. The zero-order chi connectivity index (χ0) is 18.8. The number of nitrogens with one attached hydrogen (secondary N) is 1. The highest BCUT2D eigenvalue weighted by Gasteiger charge is 2.11. The Kier molecular flexibility index (Phi) is 9.78. The zero-order valence-electron chi connectivity index (χ0n) is 15.3. The van der Waals surface area contributed by atoms with Crippen LogP contribution < -0.4 is 5.32 Å². The molecule has 0 aliphatic rings. The van der Waals surface area contributed by atoms with Gasteiger partial charge in [0.25, 0.3) is 0 Å². The van der Waals surface area contributed by atoms with Gasteiger partial charge >= 0.3 is 0 Å². The molecule has 1 aromatic carbocycles. The van der Waals surface area contributed by atoms with Gasteiger partial charge in [0.1, 0.15) is 0 Å². The average molecular weight is 428 g/mol. The number of thioether (sulfide) groups is 1. The normalized spacial score (nSPS) is 10.9. The molecule has 0 aliphatic carbocycles. The topological polar surface area (TPSA) is 18.5 Å². The lowest BCUT2D eigenvalue weighted by molar-refractivity contribution is 0.343. The van der Waals surface area contributed by atoms with Crippen LogP contribution in [0, 0.1) is 0 Å². The van der Waals surface area contributed by atoms with Crippen molar-refractivity contribution in [2.75, 3.05) is 39.5 Å². The summed E-state index contributed by atoms with van der Waals surface area (Å²) in [6.45, 7) is 3.75. The first-order chi connectivity index (χ1) is 12.5. The molecule has 2 aromatic rings. The van der Waals surface area contributed by atoms with Crippen molar-refractivity contribution in [3.63, 3.8) is 0 Å². The fourth-order valence-electron chi connectivity index (χ4n) is 2.39. The van der Waals surface area contributed by atoms with Crippen LogP contribution in [0.2, 0.25) is 5.02 Å². The Balaban J connectivity index is 1.77. The molecular weight excluding hydrogens is 402 g/mol. The van der Waals surface area contributed by atoms with E-state index in [9.17, 15) is 0 Å². The largest absolute Gasteiger partial charge is 0.362 e. The summed E-state index contributed by atoms with van der Waals surface area (Å²) in [7, 11) is 4.21. The summed E-state index contributed by atoms with van der Waals surface area (Å²) in [6, 6.07) is 12.2. The van der Waals surface area contributed by atoms with Crippen LogP contribution in [0.1, 0.15) is 11.3 Å². The maximum Gasteiger partial charge on any atom is 0.169 e. The third-order valence-electron chi connectivity index (χ3n) is 3.71. The molecule has 0 bridgehead atoms. The van der Waals surface area contributed by atoms with Crippen LogP contribution in [0.4, 0.5) is 0 Å². The smallest absolute Gasteiger partial charge is 0.169 e. The van der Waals surface area contributed by atoms with Crippen LogP contribution >= 0.6 is 46.9 Å². The minimum Gasteiger partial charge on any atom is -0.362 e. The zero-order valence-corrected chi connectivity index (χ0v) is 18.5. The van der Waals surface area contributed by atoms with E-state index < -0.39 is 0 Å². The molecule has 1 aromatic heterocycles. The average Bonchev–Trinajstić information content (AvgIpc) is 3.12.